The van der Waals surface area contributed by atoms with Crippen molar-refractivity contribution in [1.82, 2.24) is 10.2 Å². The molecule has 28 heavy (non-hydrogen) atoms. The van der Waals surface area contributed by atoms with Gasteiger partial charge in [0.1, 0.15) is 4.75 Å². The van der Waals surface area contributed by atoms with Gasteiger partial charge in [0.15, 0.2) is 5.54 Å². The first-order valence-electron chi connectivity index (χ1n) is 8.83. The van der Waals surface area contributed by atoms with Gasteiger partial charge in [0.25, 0.3) is 11.1 Å². The molecule has 0 bridgehead atoms. The zero-order chi connectivity index (χ0) is 19.7. The van der Waals surface area contributed by atoms with E-state index in [0.29, 0.717) is 12.2 Å². The van der Waals surface area contributed by atoms with E-state index in [2.05, 4.69) is 26.6 Å². The van der Waals surface area contributed by atoms with Crippen molar-refractivity contribution in [3.05, 3.63) is 64.1 Å². The molecule has 3 aliphatic heterocycles. The molecule has 0 radical (unpaired) electrons. The second-order valence-corrected chi connectivity index (χ2v) is 9.41. The standard InChI is InChI=1S/C20H16BrN3O3S/c1-24-10-14(11-6-8-12(21)9-7-11)20(17(26)23-18(27)28-20)19(24)13-4-2-3-5-15(13)22-16(19)25/h2-9,14H,10H2,1H3,(H,22,25)(H,23,26,27)/t14-,19+,20-/m1/s1. The lowest BCUT2D eigenvalue weighted by Crippen LogP contribution is -2.61. The molecule has 0 aliphatic carbocycles. The molecule has 3 heterocycles. The van der Waals surface area contributed by atoms with Crippen molar-refractivity contribution in [1.29, 1.82) is 0 Å². The molecule has 5 rings (SSSR count). The van der Waals surface area contributed by atoms with Gasteiger partial charge in [0.2, 0.25) is 5.91 Å². The Labute approximate surface area is 174 Å². The topological polar surface area (TPSA) is 78.5 Å². The number of benzene rings is 2. The van der Waals surface area contributed by atoms with E-state index >= 15 is 0 Å². The molecule has 3 atom stereocenters. The summed E-state index contributed by atoms with van der Waals surface area (Å²) in [6, 6.07) is 15.1. The first-order valence-corrected chi connectivity index (χ1v) is 10.4. The quantitative estimate of drug-likeness (QED) is 0.687. The number of halogens is 1. The number of thioether (sulfide) groups is 1. The number of hydrogen-bond acceptors (Lipinski definition) is 5. The molecule has 2 N–H and O–H groups in total. The fourth-order valence-corrected chi connectivity index (χ4v) is 6.68. The van der Waals surface area contributed by atoms with Gasteiger partial charge in [-0.2, -0.15) is 0 Å². The van der Waals surface area contributed by atoms with Crippen molar-refractivity contribution in [3.8, 4) is 0 Å². The van der Waals surface area contributed by atoms with Crippen molar-refractivity contribution in [2.75, 3.05) is 18.9 Å². The molecule has 8 heteroatoms. The van der Waals surface area contributed by atoms with E-state index < -0.39 is 21.4 Å². The number of likely N-dealkylation sites (N-methyl/N-ethyl adjacent to an activating group) is 1. The van der Waals surface area contributed by atoms with E-state index in [1.807, 2.05) is 60.5 Å². The number of anilines is 1. The van der Waals surface area contributed by atoms with Crippen LogP contribution in [0.1, 0.15) is 17.0 Å². The molecule has 0 unspecified atom stereocenters. The second kappa shape index (κ2) is 5.92. The number of carbonyl (C=O) groups excluding carboxylic acids is 3. The molecule has 2 saturated heterocycles. The summed E-state index contributed by atoms with van der Waals surface area (Å²) in [4.78, 5) is 41.1. The van der Waals surface area contributed by atoms with Gasteiger partial charge in [-0.1, -0.05) is 46.3 Å². The second-order valence-electron chi connectivity index (χ2n) is 7.27. The minimum atomic E-state index is -1.29. The summed E-state index contributed by atoms with van der Waals surface area (Å²) >= 11 is 4.38. The highest BCUT2D eigenvalue weighted by Crippen LogP contribution is 2.64. The van der Waals surface area contributed by atoms with E-state index in [1.165, 1.54) is 0 Å². The van der Waals surface area contributed by atoms with Crippen LogP contribution in [-0.4, -0.2) is 40.3 Å². The zero-order valence-corrected chi connectivity index (χ0v) is 17.3. The normalized spacial score (nSPS) is 31.5. The average molecular weight is 458 g/mol. The van der Waals surface area contributed by atoms with Crippen LogP contribution in [0.15, 0.2) is 53.0 Å². The van der Waals surface area contributed by atoms with Gasteiger partial charge in [0.05, 0.1) is 0 Å². The lowest BCUT2D eigenvalue weighted by molar-refractivity contribution is -0.133. The molecule has 2 aromatic carbocycles. The Bertz CT molecular complexity index is 1040. The van der Waals surface area contributed by atoms with Crippen LogP contribution in [0.2, 0.25) is 0 Å². The van der Waals surface area contributed by atoms with Gasteiger partial charge >= 0.3 is 0 Å². The number of nitrogens with zero attached hydrogens (tertiary/aromatic N) is 1. The maximum absolute atomic E-state index is 13.4. The molecule has 6 nitrogen and oxygen atoms in total. The highest BCUT2D eigenvalue weighted by atomic mass is 79.9. The van der Waals surface area contributed by atoms with E-state index in [0.717, 1.165) is 27.4 Å². The maximum Gasteiger partial charge on any atom is 0.286 e. The molecule has 2 aromatic rings. The number of rotatable bonds is 1. The Hall–Kier alpha value is -2.16. The van der Waals surface area contributed by atoms with Crippen molar-refractivity contribution in [3.63, 3.8) is 0 Å². The summed E-state index contributed by atoms with van der Waals surface area (Å²) < 4.78 is -0.362. The van der Waals surface area contributed by atoms with Crippen molar-refractivity contribution < 1.29 is 14.4 Å². The average Bonchev–Trinajstić information content (AvgIpc) is 3.23. The summed E-state index contributed by atoms with van der Waals surface area (Å²) in [5.41, 5.74) is 1.08. The molecular weight excluding hydrogens is 442 g/mol. The summed E-state index contributed by atoms with van der Waals surface area (Å²) in [6.45, 7) is 0.469. The Morgan fingerprint density at radius 1 is 1.04 bits per heavy atom. The highest BCUT2D eigenvalue weighted by molar-refractivity contribution is 9.10. The summed E-state index contributed by atoms with van der Waals surface area (Å²) in [5, 5.41) is 4.97. The van der Waals surface area contributed by atoms with Crippen LogP contribution < -0.4 is 10.6 Å². The number of imide groups is 1. The third-order valence-corrected chi connectivity index (χ3v) is 7.93. The molecule has 3 amide bonds. The molecule has 0 saturated carbocycles. The maximum atomic E-state index is 13.4. The molecule has 142 valence electrons. The number of para-hydroxylation sites is 1. The number of hydrogen-bond donors (Lipinski definition) is 2. The van der Waals surface area contributed by atoms with Crippen LogP contribution in [-0.2, 0) is 15.1 Å². The van der Waals surface area contributed by atoms with Crippen molar-refractivity contribution in [2.45, 2.75) is 16.2 Å². The lowest BCUT2D eigenvalue weighted by atomic mass is 9.72. The van der Waals surface area contributed by atoms with Crippen LogP contribution in [0.5, 0.6) is 0 Å². The van der Waals surface area contributed by atoms with Crippen molar-refractivity contribution >= 4 is 50.4 Å². The fraction of sp³-hybridized carbons (Fsp3) is 0.250. The fourth-order valence-electron chi connectivity index (χ4n) is 4.97. The van der Waals surface area contributed by atoms with Crippen LogP contribution >= 0.6 is 27.7 Å². The largest absolute Gasteiger partial charge is 0.324 e. The van der Waals surface area contributed by atoms with E-state index in [4.69, 9.17) is 0 Å². The summed E-state index contributed by atoms with van der Waals surface area (Å²) in [7, 11) is 1.85. The number of nitrogens with one attached hydrogen (secondary N) is 2. The van der Waals surface area contributed by atoms with Gasteiger partial charge in [0, 0.05) is 28.2 Å². The summed E-state index contributed by atoms with van der Waals surface area (Å²) in [5.74, 6) is -1.02. The number of amides is 3. The van der Waals surface area contributed by atoms with E-state index in [-0.39, 0.29) is 11.8 Å². The number of fused-ring (bicyclic) bond motifs is 3. The van der Waals surface area contributed by atoms with Crippen LogP contribution in [0.25, 0.3) is 0 Å². The third kappa shape index (κ3) is 2.00. The Kier molecular flexibility index (Phi) is 3.78. The predicted octanol–water partition coefficient (Wildman–Crippen LogP) is 3.05. The minimum Gasteiger partial charge on any atom is -0.324 e. The Balaban J connectivity index is 1.81. The van der Waals surface area contributed by atoms with Crippen molar-refractivity contribution in [2.24, 2.45) is 0 Å². The van der Waals surface area contributed by atoms with Gasteiger partial charge in [-0.15, -0.1) is 0 Å². The Morgan fingerprint density at radius 2 is 1.75 bits per heavy atom. The van der Waals surface area contributed by atoms with Gasteiger partial charge in [-0.05, 0) is 42.6 Å². The van der Waals surface area contributed by atoms with Crippen LogP contribution in [0.4, 0.5) is 10.5 Å². The monoisotopic (exact) mass is 457 g/mol. The Morgan fingerprint density at radius 3 is 2.43 bits per heavy atom. The number of likely N-dealkylation sites (tertiary alicyclic amines) is 1. The third-order valence-electron chi connectivity index (χ3n) is 6.03. The van der Waals surface area contributed by atoms with E-state index in [1.54, 1.807) is 0 Å². The predicted molar refractivity (Wildman–Crippen MR) is 110 cm³/mol. The minimum absolute atomic E-state index is 0.270. The summed E-state index contributed by atoms with van der Waals surface area (Å²) in [6.07, 6.45) is 0. The molecular formula is C20H16BrN3O3S. The SMILES string of the molecule is CN1C[C@H](c2ccc(Br)cc2)[C@]2(SC(=O)NC2=O)[C@]12C(=O)Nc1ccccc12. The van der Waals surface area contributed by atoms with E-state index in [9.17, 15) is 14.4 Å². The molecule has 3 aliphatic rings. The van der Waals surface area contributed by atoms with Gasteiger partial charge in [-0.3, -0.25) is 24.6 Å². The first kappa shape index (κ1) is 17.9. The van der Waals surface area contributed by atoms with Gasteiger partial charge < -0.3 is 5.32 Å². The van der Waals surface area contributed by atoms with Gasteiger partial charge in [-0.25, -0.2) is 0 Å². The highest BCUT2D eigenvalue weighted by Gasteiger charge is 2.77. The molecule has 2 fully saturated rings. The molecule has 2 spiro atoms. The lowest BCUT2D eigenvalue weighted by Gasteiger charge is -2.41. The zero-order valence-electron chi connectivity index (χ0n) is 14.9. The first-order chi connectivity index (χ1) is 13.4. The smallest absolute Gasteiger partial charge is 0.286 e. The number of carbonyl (C=O) groups is 3. The molecule has 0 aromatic heterocycles. The van der Waals surface area contributed by atoms with Crippen LogP contribution in [0, 0.1) is 0 Å². The van der Waals surface area contributed by atoms with Crippen LogP contribution in [0.3, 0.4) is 0 Å².